The Balaban J connectivity index is 4.45. The molecule has 0 aromatic carbocycles. The van der Waals surface area contributed by atoms with Gasteiger partial charge in [-0.3, -0.25) is 4.79 Å². The SMILES string of the molecule is CCC(C)[C@H](NC(=O)C(N)CC(C)C)C(=O)O. The first kappa shape index (κ1) is 15.9. The van der Waals surface area contributed by atoms with Gasteiger partial charge in [0.1, 0.15) is 6.04 Å². The van der Waals surface area contributed by atoms with E-state index in [4.69, 9.17) is 10.8 Å². The highest BCUT2D eigenvalue weighted by Gasteiger charge is 2.27. The molecule has 0 aromatic rings. The van der Waals surface area contributed by atoms with Crippen LogP contribution >= 0.6 is 0 Å². The maximum Gasteiger partial charge on any atom is 0.326 e. The Morgan fingerprint density at radius 2 is 1.82 bits per heavy atom. The molecule has 0 saturated carbocycles. The molecule has 0 heterocycles. The third-order valence-corrected chi connectivity index (χ3v) is 2.84. The number of aliphatic carboxylic acids is 1. The first-order valence-corrected chi connectivity index (χ1v) is 6.08. The monoisotopic (exact) mass is 244 g/mol. The number of amides is 1. The summed E-state index contributed by atoms with van der Waals surface area (Å²) in [7, 11) is 0. The van der Waals surface area contributed by atoms with E-state index in [1.165, 1.54) is 0 Å². The van der Waals surface area contributed by atoms with Crippen LogP contribution in [0.25, 0.3) is 0 Å². The summed E-state index contributed by atoms with van der Waals surface area (Å²) in [6.07, 6.45) is 1.25. The van der Waals surface area contributed by atoms with Crippen LogP contribution in [0.15, 0.2) is 0 Å². The number of carboxylic acids is 1. The molecule has 4 N–H and O–H groups in total. The molecule has 0 aliphatic carbocycles. The standard InChI is InChI=1S/C12H24N2O3/c1-5-8(4)10(12(16)17)14-11(15)9(13)6-7(2)3/h7-10H,5-6,13H2,1-4H3,(H,14,15)(H,16,17)/t8?,9?,10-/m0/s1. The average Bonchev–Trinajstić information content (AvgIpc) is 2.22. The third-order valence-electron chi connectivity index (χ3n) is 2.84. The number of rotatable bonds is 7. The van der Waals surface area contributed by atoms with E-state index in [9.17, 15) is 9.59 Å². The third kappa shape index (κ3) is 5.68. The molecule has 0 aliphatic rings. The molecule has 0 spiro atoms. The number of carboxylic acid groups (broad SMARTS) is 1. The van der Waals surface area contributed by atoms with Gasteiger partial charge in [0, 0.05) is 0 Å². The van der Waals surface area contributed by atoms with Crippen molar-refractivity contribution in [2.45, 2.75) is 52.6 Å². The highest BCUT2D eigenvalue weighted by molar-refractivity contribution is 5.86. The normalized spacial score (nSPS) is 16.4. The van der Waals surface area contributed by atoms with Crippen molar-refractivity contribution >= 4 is 11.9 Å². The summed E-state index contributed by atoms with van der Waals surface area (Å²) in [5, 5.41) is 11.5. The predicted octanol–water partition coefficient (Wildman–Crippen LogP) is 0.975. The van der Waals surface area contributed by atoms with Gasteiger partial charge in [0.05, 0.1) is 6.04 Å². The van der Waals surface area contributed by atoms with Gasteiger partial charge in [0.25, 0.3) is 0 Å². The fourth-order valence-electron chi connectivity index (χ4n) is 1.56. The molecule has 2 unspecified atom stereocenters. The Kier molecular flexibility index (Phi) is 6.80. The van der Waals surface area contributed by atoms with E-state index in [2.05, 4.69) is 5.32 Å². The number of hydrogen-bond donors (Lipinski definition) is 3. The first-order valence-electron chi connectivity index (χ1n) is 6.08. The summed E-state index contributed by atoms with van der Waals surface area (Å²) < 4.78 is 0. The molecule has 0 aromatic heterocycles. The van der Waals surface area contributed by atoms with Crippen molar-refractivity contribution < 1.29 is 14.7 Å². The Morgan fingerprint density at radius 1 is 1.29 bits per heavy atom. The Labute approximate surface area is 103 Å². The van der Waals surface area contributed by atoms with Crippen molar-refractivity contribution in [1.82, 2.24) is 5.32 Å². The van der Waals surface area contributed by atoms with E-state index >= 15 is 0 Å². The smallest absolute Gasteiger partial charge is 0.326 e. The van der Waals surface area contributed by atoms with Crippen LogP contribution in [-0.2, 0) is 9.59 Å². The number of carbonyl (C=O) groups is 2. The molecule has 17 heavy (non-hydrogen) atoms. The summed E-state index contributed by atoms with van der Waals surface area (Å²) in [5.41, 5.74) is 5.70. The molecule has 3 atom stereocenters. The molecule has 0 rings (SSSR count). The van der Waals surface area contributed by atoms with Crippen LogP contribution in [0.5, 0.6) is 0 Å². The van der Waals surface area contributed by atoms with Gasteiger partial charge in [-0.05, 0) is 18.3 Å². The maximum atomic E-state index is 11.7. The van der Waals surface area contributed by atoms with Gasteiger partial charge in [-0.15, -0.1) is 0 Å². The molecule has 5 heteroatoms. The van der Waals surface area contributed by atoms with Gasteiger partial charge in [0.15, 0.2) is 0 Å². The van der Waals surface area contributed by atoms with Gasteiger partial charge >= 0.3 is 5.97 Å². The molecule has 1 amide bonds. The second-order valence-electron chi connectivity index (χ2n) is 4.95. The fraction of sp³-hybridized carbons (Fsp3) is 0.833. The van der Waals surface area contributed by atoms with Crippen molar-refractivity contribution in [3.8, 4) is 0 Å². The minimum Gasteiger partial charge on any atom is -0.480 e. The maximum absolute atomic E-state index is 11.7. The molecule has 5 nitrogen and oxygen atoms in total. The zero-order chi connectivity index (χ0) is 13.6. The van der Waals surface area contributed by atoms with Crippen LogP contribution in [0.3, 0.4) is 0 Å². The first-order chi connectivity index (χ1) is 7.79. The van der Waals surface area contributed by atoms with Crippen molar-refractivity contribution in [3.63, 3.8) is 0 Å². The quantitative estimate of drug-likeness (QED) is 0.622. The van der Waals surface area contributed by atoms with Gasteiger partial charge in [-0.1, -0.05) is 34.1 Å². The van der Waals surface area contributed by atoms with E-state index in [-0.39, 0.29) is 11.8 Å². The van der Waals surface area contributed by atoms with Crippen molar-refractivity contribution in [2.75, 3.05) is 0 Å². The minimum atomic E-state index is -1.01. The Morgan fingerprint density at radius 3 is 2.18 bits per heavy atom. The molecule has 100 valence electrons. The largest absolute Gasteiger partial charge is 0.480 e. The van der Waals surface area contributed by atoms with Gasteiger partial charge in [-0.25, -0.2) is 4.79 Å². The lowest BCUT2D eigenvalue weighted by Gasteiger charge is -2.22. The number of nitrogens with one attached hydrogen (secondary N) is 1. The fourth-order valence-corrected chi connectivity index (χ4v) is 1.56. The molecular formula is C12H24N2O3. The zero-order valence-electron chi connectivity index (χ0n) is 11.1. The minimum absolute atomic E-state index is 0.109. The van der Waals surface area contributed by atoms with Gasteiger partial charge in [-0.2, -0.15) is 0 Å². The zero-order valence-corrected chi connectivity index (χ0v) is 11.1. The highest BCUT2D eigenvalue weighted by atomic mass is 16.4. The van der Waals surface area contributed by atoms with Crippen LogP contribution in [-0.4, -0.2) is 29.1 Å². The molecule has 0 fully saturated rings. The predicted molar refractivity (Wildman–Crippen MR) is 66.5 cm³/mol. The number of nitrogens with two attached hydrogens (primary N) is 1. The van der Waals surface area contributed by atoms with E-state index in [1.54, 1.807) is 6.92 Å². The molecule has 0 saturated heterocycles. The van der Waals surface area contributed by atoms with Crippen molar-refractivity contribution in [1.29, 1.82) is 0 Å². The lowest BCUT2D eigenvalue weighted by molar-refractivity contribution is -0.143. The van der Waals surface area contributed by atoms with Crippen molar-refractivity contribution in [3.05, 3.63) is 0 Å². The highest BCUT2D eigenvalue weighted by Crippen LogP contribution is 2.09. The molecule has 0 bridgehead atoms. The molecule has 0 aliphatic heterocycles. The summed E-state index contributed by atoms with van der Waals surface area (Å²) in [4.78, 5) is 22.7. The van der Waals surface area contributed by atoms with Crippen LogP contribution in [0.1, 0.15) is 40.5 Å². The number of carbonyl (C=O) groups excluding carboxylic acids is 1. The van der Waals surface area contributed by atoms with Crippen LogP contribution in [0.4, 0.5) is 0 Å². The lowest BCUT2D eigenvalue weighted by Crippen LogP contribution is -2.51. The second kappa shape index (κ2) is 7.27. The second-order valence-corrected chi connectivity index (χ2v) is 4.95. The van der Waals surface area contributed by atoms with E-state index in [0.717, 1.165) is 0 Å². The topological polar surface area (TPSA) is 92.4 Å². The molecular weight excluding hydrogens is 220 g/mol. The summed E-state index contributed by atoms with van der Waals surface area (Å²) in [6, 6.07) is -1.49. The lowest BCUT2D eigenvalue weighted by atomic mass is 9.98. The van der Waals surface area contributed by atoms with Crippen LogP contribution < -0.4 is 11.1 Å². The number of hydrogen-bond acceptors (Lipinski definition) is 3. The summed E-state index contributed by atoms with van der Waals surface area (Å²) in [6.45, 7) is 7.63. The summed E-state index contributed by atoms with van der Waals surface area (Å²) in [5.74, 6) is -1.19. The Bertz CT molecular complexity index is 266. The van der Waals surface area contributed by atoms with Crippen LogP contribution in [0, 0.1) is 11.8 Å². The summed E-state index contributed by atoms with van der Waals surface area (Å²) >= 11 is 0. The van der Waals surface area contributed by atoms with Crippen LogP contribution in [0.2, 0.25) is 0 Å². The van der Waals surface area contributed by atoms with Gasteiger partial charge < -0.3 is 16.2 Å². The van der Waals surface area contributed by atoms with E-state index in [1.807, 2.05) is 20.8 Å². The Hall–Kier alpha value is -1.10. The molecule has 0 radical (unpaired) electrons. The van der Waals surface area contributed by atoms with E-state index < -0.39 is 18.1 Å². The van der Waals surface area contributed by atoms with Gasteiger partial charge in [0.2, 0.25) is 5.91 Å². The van der Waals surface area contributed by atoms with Crippen molar-refractivity contribution in [2.24, 2.45) is 17.6 Å². The van der Waals surface area contributed by atoms with E-state index in [0.29, 0.717) is 18.8 Å². The average molecular weight is 244 g/mol.